The third-order valence-corrected chi connectivity index (χ3v) is 5.52. The van der Waals surface area contributed by atoms with Gasteiger partial charge in [-0.1, -0.05) is 6.07 Å². The first-order valence-electron chi connectivity index (χ1n) is 7.17. The molecule has 130 valence electrons. The van der Waals surface area contributed by atoms with Crippen LogP contribution in [0.25, 0.3) is 0 Å². The van der Waals surface area contributed by atoms with Gasteiger partial charge in [0, 0.05) is 25.9 Å². The topological polar surface area (TPSA) is 107 Å². The molecule has 1 aromatic carbocycles. The molecular formula is C15H19N3O5S. The number of anilines is 1. The molecule has 2 N–H and O–H groups in total. The Morgan fingerprint density at radius 2 is 1.92 bits per heavy atom. The van der Waals surface area contributed by atoms with Gasteiger partial charge in [-0.15, -0.1) is 0 Å². The number of benzene rings is 1. The molecule has 0 aromatic heterocycles. The fourth-order valence-corrected chi connectivity index (χ4v) is 3.36. The van der Waals surface area contributed by atoms with Crippen molar-refractivity contribution >= 4 is 27.5 Å². The van der Waals surface area contributed by atoms with E-state index in [0.717, 1.165) is 15.3 Å². The Labute approximate surface area is 140 Å². The Kier molecular flexibility index (Phi) is 5.07. The highest BCUT2D eigenvalue weighted by molar-refractivity contribution is 7.89. The van der Waals surface area contributed by atoms with Crippen LogP contribution in [0.1, 0.15) is 5.56 Å². The first-order valence-corrected chi connectivity index (χ1v) is 8.61. The minimum absolute atomic E-state index is 0.0329. The lowest BCUT2D eigenvalue weighted by atomic mass is 10.2. The van der Waals surface area contributed by atoms with Gasteiger partial charge in [0.1, 0.15) is 5.70 Å². The van der Waals surface area contributed by atoms with Gasteiger partial charge in [-0.05, 0) is 24.6 Å². The number of aliphatic hydroxyl groups excluding tert-OH is 1. The summed E-state index contributed by atoms with van der Waals surface area (Å²) < 4.78 is 25.7. The van der Waals surface area contributed by atoms with E-state index in [2.05, 4.69) is 5.32 Å². The third-order valence-electron chi connectivity index (χ3n) is 3.56. The van der Waals surface area contributed by atoms with E-state index >= 15 is 0 Å². The Hall–Kier alpha value is -2.23. The summed E-state index contributed by atoms with van der Waals surface area (Å²) in [5.74, 6) is -1.09. The number of amides is 2. The summed E-state index contributed by atoms with van der Waals surface area (Å²) in [7, 11) is -0.761. The molecule has 0 unspecified atom stereocenters. The Morgan fingerprint density at radius 1 is 1.25 bits per heavy atom. The van der Waals surface area contributed by atoms with E-state index in [9.17, 15) is 18.0 Å². The second kappa shape index (κ2) is 6.71. The number of aliphatic hydroxyl groups is 1. The number of nitrogens with zero attached hydrogens (tertiary/aromatic N) is 2. The highest BCUT2D eigenvalue weighted by atomic mass is 32.2. The van der Waals surface area contributed by atoms with Gasteiger partial charge in [-0.3, -0.25) is 14.5 Å². The number of carbonyl (C=O) groups is 2. The standard InChI is InChI=1S/C15H19N3O5S/c1-10-4-5-11(8-13(10)24(22,23)17(2)3)16-12-9-14(20)18(6-7-19)15(12)21/h4-5,8-9,16,19H,6-7H2,1-3H3. The van der Waals surface area contributed by atoms with E-state index in [1.807, 2.05) is 0 Å². The second-order valence-corrected chi connectivity index (χ2v) is 7.59. The van der Waals surface area contributed by atoms with Crippen molar-refractivity contribution in [1.29, 1.82) is 0 Å². The van der Waals surface area contributed by atoms with Crippen LogP contribution in [0.5, 0.6) is 0 Å². The van der Waals surface area contributed by atoms with Crippen LogP contribution in [0.4, 0.5) is 5.69 Å². The fourth-order valence-electron chi connectivity index (χ4n) is 2.22. The number of nitrogens with one attached hydrogen (secondary N) is 1. The zero-order valence-electron chi connectivity index (χ0n) is 13.6. The van der Waals surface area contributed by atoms with Crippen molar-refractivity contribution in [3.05, 3.63) is 35.5 Å². The zero-order chi connectivity index (χ0) is 18.1. The lowest BCUT2D eigenvalue weighted by Crippen LogP contribution is -2.34. The summed E-state index contributed by atoms with van der Waals surface area (Å²) >= 11 is 0. The summed E-state index contributed by atoms with van der Waals surface area (Å²) in [4.78, 5) is 24.8. The first kappa shape index (κ1) is 18.1. The van der Waals surface area contributed by atoms with Crippen LogP contribution in [-0.2, 0) is 19.6 Å². The van der Waals surface area contributed by atoms with Crippen LogP contribution >= 0.6 is 0 Å². The second-order valence-electron chi connectivity index (χ2n) is 5.47. The minimum atomic E-state index is -3.63. The monoisotopic (exact) mass is 353 g/mol. The normalized spacial score (nSPS) is 15.2. The Balaban J connectivity index is 2.31. The van der Waals surface area contributed by atoms with Crippen LogP contribution in [0.15, 0.2) is 34.9 Å². The third kappa shape index (κ3) is 3.32. The predicted octanol–water partition coefficient (Wildman–Crippen LogP) is -0.0978. The summed E-state index contributed by atoms with van der Waals surface area (Å²) in [6, 6.07) is 4.65. The van der Waals surface area contributed by atoms with Gasteiger partial charge in [0.2, 0.25) is 10.0 Å². The molecule has 0 saturated heterocycles. The first-order chi connectivity index (χ1) is 11.2. The molecule has 0 spiro atoms. The fraction of sp³-hybridized carbons (Fsp3) is 0.333. The van der Waals surface area contributed by atoms with Crippen LogP contribution in [0.2, 0.25) is 0 Å². The predicted molar refractivity (Wildman–Crippen MR) is 87.6 cm³/mol. The Bertz CT molecular complexity index is 814. The lowest BCUT2D eigenvalue weighted by molar-refractivity contribution is -0.137. The molecule has 0 atom stereocenters. The molecule has 1 aliphatic rings. The highest BCUT2D eigenvalue weighted by Crippen LogP contribution is 2.24. The smallest absolute Gasteiger partial charge is 0.277 e. The van der Waals surface area contributed by atoms with Crippen molar-refractivity contribution in [1.82, 2.24) is 9.21 Å². The molecule has 1 aromatic rings. The molecule has 2 amide bonds. The molecule has 0 bridgehead atoms. The van der Waals surface area contributed by atoms with Gasteiger partial charge in [-0.25, -0.2) is 12.7 Å². The highest BCUT2D eigenvalue weighted by Gasteiger charge is 2.31. The maximum absolute atomic E-state index is 12.3. The van der Waals surface area contributed by atoms with Crippen molar-refractivity contribution in [2.75, 3.05) is 32.6 Å². The number of hydrogen-bond acceptors (Lipinski definition) is 6. The average molecular weight is 353 g/mol. The average Bonchev–Trinajstić information content (AvgIpc) is 2.77. The molecule has 1 aliphatic heterocycles. The SMILES string of the molecule is Cc1ccc(NC2=CC(=O)N(CCO)C2=O)cc1S(=O)(=O)N(C)C. The quantitative estimate of drug-likeness (QED) is 0.692. The van der Waals surface area contributed by atoms with Crippen molar-refractivity contribution in [3.63, 3.8) is 0 Å². The number of rotatable bonds is 6. The maximum Gasteiger partial charge on any atom is 0.277 e. The van der Waals surface area contributed by atoms with E-state index in [4.69, 9.17) is 5.11 Å². The number of imide groups is 1. The van der Waals surface area contributed by atoms with Gasteiger partial charge in [0.05, 0.1) is 18.0 Å². The molecule has 9 heteroatoms. The van der Waals surface area contributed by atoms with Crippen molar-refractivity contribution in [2.45, 2.75) is 11.8 Å². The van der Waals surface area contributed by atoms with E-state index in [-0.39, 0.29) is 23.7 Å². The molecular weight excluding hydrogens is 334 g/mol. The number of hydrogen-bond donors (Lipinski definition) is 2. The molecule has 2 rings (SSSR count). The van der Waals surface area contributed by atoms with E-state index < -0.39 is 21.8 Å². The largest absolute Gasteiger partial charge is 0.395 e. The van der Waals surface area contributed by atoms with Crippen molar-refractivity contribution < 1.29 is 23.1 Å². The van der Waals surface area contributed by atoms with Gasteiger partial charge < -0.3 is 10.4 Å². The van der Waals surface area contributed by atoms with Crippen molar-refractivity contribution in [2.24, 2.45) is 0 Å². The molecule has 8 nitrogen and oxygen atoms in total. The van der Waals surface area contributed by atoms with Crippen molar-refractivity contribution in [3.8, 4) is 0 Å². The van der Waals surface area contributed by atoms with E-state index in [0.29, 0.717) is 11.3 Å². The number of sulfonamides is 1. The molecule has 0 saturated carbocycles. The van der Waals surface area contributed by atoms with E-state index in [1.54, 1.807) is 19.1 Å². The number of aryl methyl sites for hydroxylation is 1. The van der Waals surface area contributed by atoms with Crippen LogP contribution in [0.3, 0.4) is 0 Å². The number of carbonyl (C=O) groups excluding carboxylic acids is 2. The molecule has 24 heavy (non-hydrogen) atoms. The van der Waals surface area contributed by atoms with Gasteiger partial charge >= 0.3 is 0 Å². The van der Waals surface area contributed by atoms with Gasteiger partial charge in [-0.2, -0.15) is 0 Å². The summed E-state index contributed by atoms with van der Waals surface area (Å²) in [5.41, 5.74) is 0.976. The molecule has 0 fully saturated rings. The Morgan fingerprint density at radius 3 is 2.50 bits per heavy atom. The van der Waals surface area contributed by atoms with Crippen LogP contribution in [0, 0.1) is 6.92 Å². The summed E-state index contributed by atoms with van der Waals surface area (Å²) in [5, 5.41) is 11.7. The summed E-state index contributed by atoms with van der Waals surface area (Å²) in [6.07, 6.45) is 1.12. The summed E-state index contributed by atoms with van der Waals surface area (Å²) in [6.45, 7) is 1.26. The van der Waals surface area contributed by atoms with E-state index in [1.165, 1.54) is 20.2 Å². The minimum Gasteiger partial charge on any atom is -0.395 e. The zero-order valence-corrected chi connectivity index (χ0v) is 14.4. The van der Waals surface area contributed by atoms with Crippen LogP contribution in [-0.4, -0.2) is 61.8 Å². The van der Waals surface area contributed by atoms with Crippen LogP contribution < -0.4 is 5.32 Å². The number of β-amino-alcohol motifs (C(OH)–C–C–N with tert-alkyl or cyclic N) is 1. The molecule has 0 aliphatic carbocycles. The molecule has 1 heterocycles. The van der Waals surface area contributed by atoms with Gasteiger partial charge in [0.25, 0.3) is 11.8 Å². The molecule has 0 radical (unpaired) electrons. The lowest BCUT2D eigenvalue weighted by Gasteiger charge is -2.16. The maximum atomic E-state index is 12.3. The van der Waals surface area contributed by atoms with Gasteiger partial charge in [0.15, 0.2) is 0 Å².